The molecule has 0 bridgehead atoms. The highest BCUT2D eigenvalue weighted by atomic mass is 16.6. The Morgan fingerprint density at radius 2 is 1.78 bits per heavy atom. The molecule has 0 spiro atoms. The number of hydrogen-bond acceptors (Lipinski definition) is 5. The number of amides is 2. The molecule has 142 valence electrons. The van der Waals surface area contributed by atoms with Crippen molar-refractivity contribution in [3.63, 3.8) is 0 Å². The first-order valence-corrected chi connectivity index (χ1v) is 8.80. The number of rotatable bonds is 6. The summed E-state index contributed by atoms with van der Waals surface area (Å²) in [5, 5.41) is 0. The molecular formula is C21H23NO5. The molecule has 2 amide bonds. The number of nitrogens with zero attached hydrogens (tertiary/aromatic N) is 1. The number of carbonyl (C=O) groups is 2. The first-order chi connectivity index (χ1) is 13.0. The van der Waals surface area contributed by atoms with E-state index >= 15 is 0 Å². The number of hydrogen-bond donors (Lipinski definition) is 0. The molecule has 27 heavy (non-hydrogen) atoms. The Kier molecular flexibility index (Phi) is 5.64. The van der Waals surface area contributed by atoms with Crippen LogP contribution in [0.2, 0.25) is 0 Å². The maximum Gasteiger partial charge on any atom is 0.417 e. The first kappa shape index (κ1) is 18.8. The van der Waals surface area contributed by atoms with Gasteiger partial charge in [0.25, 0.3) is 0 Å². The molecule has 1 aliphatic heterocycles. The van der Waals surface area contributed by atoms with Crippen LogP contribution in [0.25, 0.3) is 0 Å². The molecule has 1 saturated heterocycles. The van der Waals surface area contributed by atoms with E-state index in [1.54, 1.807) is 39.3 Å². The second-order valence-electron chi connectivity index (χ2n) is 6.50. The van der Waals surface area contributed by atoms with Crippen LogP contribution in [-0.2, 0) is 16.0 Å². The molecule has 2 aromatic carbocycles. The van der Waals surface area contributed by atoms with Gasteiger partial charge < -0.3 is 14.2 Å². The van der Waals surface area contributed by atoms with Gasteiger partial charge in [0.1, 0.15) is 18.1 Å². The van der Waals surface area contributed by atoms with E-state index in [-0.39, 0.29) is 18.6 Å². The van der Waals surface area contributed by atoms with Crippen molar-refractivity contribution in [3.8, 4) is 11.5 Å². The van der Waals surface area contributed by atoms with Crippen LogP contribution in [0, 0.1) is 0 Å². The van der Waals surface area contributed by atoms with E-state index in [1.165, 1.54) is 4.90 Å². The van der Waals surface area contributed by atoms with Crippen LogP contribution in [0.1, 0.15) is 24.0 Å². The number of imide groups is 1. The molecule has 6 nitrogen and oxygen atoms in total. The van der Waals surface area contributed by atoms with Crippen LogP contribution >= 0.6 is 0 Å². The van der Waals surface area contributed by atoms with Gasteiger partial charge in [0, 0.05) is 6.07 Å². The van der Waals surface area contributed by atoms with E-state index in [0.29, 0.717) is 17.9 Å². The predicted octanol–water partition coefficient (Wildman–Crippen LogP) is 3.40. The normalized spacial score (nSPS) is 17.4. The second kappa shape index (κ2) is 8.12. The maximum atomic E-state index is 13.1. The van der Waals surface area contributed by atoms with Gasteiger partial charge >= 0.3 is 6.09 Å². The molecule has 0 N–H and O–H groups in total. The second-order valence-corrected chi connectivity index (χ2v) is 6.50. The Morgan fingerprint density at radius 1 is 1.15 bits per heavy atom. The summed E-state index contributed by atoms with van der Waals surface area (Å²) >= 11 is 0. The van der Waals surface area contributed by atoms with Crippen molar-refractivity contribution in [1.29, 1.82) is 0 Å². The summed E-state index contributed by atoms with van der Waals surface area (Å²) < 4.78 is 15.7. The Morgan fingerprint density at radius 3 is 2.37 bits per heavy atom. The smallest absolute Gasteiger partial charge is 0.417 e. The van der Waals surface area contributed by atoms with Crippen LogP contribution in [0.5, 0.6) is 11.5 Å². The minimum absolute atomic E-state index is 0.202. The summed E-state index contributed by atoms with van der Waals surface area (Å²) in [4.78, 5) is 26.6. The monoisotopic (exact) mass is 369 g/mol. The summed E-state index contributed by atoms with van der Waals surface area (Å²) in [5.74, 6) is 0.342. The third kappa shape index (κ3) is 4.05. The lowest BCUT2D eigenvalue weighted by Crippen LogP contribution is -2.42. The van der Waals surface area contributed by atoms with Crippen molar-refractivity contribution in [1.82, 2.24) is 4.90 Å². The number of methoxy groups -OCH3 is 2. The fourth-order valence-corrected chi connectivity index (χ4v) is 3.20. The average molecular weight is 369 g/mol. The molecule has 2 aromatic rings. The molecular weight excluding hydrogens is 346 g/mol. The third-order valence-corrected chi connectivity index (χ3v) is 4.76. The number of carbonyl (C=O) groups excluding carboxylic acids is 2. The van der Waals surface area contributed by atoms with Gasteiger partial charge in [-0.2, -0.15) is 0 Å². The van der Waals surface area contributed by atoms with Gasteiger partial charge in [-0.1, -0.05) is 30.3 Å². The van der Waals surface area contributed by atoms with Gasteiger partial charge in [-0.05, 0) is 36.6 Å². The fraction of sp³-hybridized carbons (Fsp3) is 0.333. The zero-order valence-corrected chi connectivity index (χ0v) is 15.7. The molecule has 1 heterocycles. The lowest BCUT2D eigenvalue weighted by Gasteiger charge is -2.23. The quantitative estimate of drug-likeness (QED) is 0.781. The van der Waals surface area contributed by atoms with Gasteiger partial charge in [0.05, 0.1) is 26.2 Å². The molecule has 0 aromatic heterocycles. The summed E-state index contributed by atoms with van der Waals surface area (Å²) in [6.45, 7) is 1.97. The lowest BCUT2D eigenvalue weighted by atomic mass is 9.97. The summed E-state index contributed by atoms with van der Waals surface area (Å²) in [7, 11) is 3.11. The fourth-order valence-electron chi connectivity index (χ4n) is 3.20. The topological polar surface area (TPSA) is 65.1 Å². The molecule has 0 aliphatic carbocycles. The predicted molar refractivity (Wildman–Crippen MR) is 100 cm³/mol. The van der Waals surface area contributed by atoms with Crippen LogP contribution in [0.3, 0.4) is 0 Å². The standard InChI is InChI=1S/C21H23NO5/c1-14(16-10-18(25-2)12-19(11-16)26-3)20(23)22-17(13-27-21(22)24)9-15-7-5-4-6-8-15/h4-8,10-12,14,17H,9,13H2,1-3H3. The SMILES string of the molecule is COc1cc(OC)cc(C(C)C(=O)N2C(=O)OCC2Cc2ccccc2)c1. The van der Waals surface area contributed by atoms with Gasteiger partial charge in [-0.25, -0.2) is 9.69 Å². The highest BCUT2D eigenvalue weighted by molar-refractivity contribution is 5.97. The summed E-state index contributed by atoms with van der Waals surface area (Å²) in [5.41, 5.74) is 1.77. The average Bonchev–Trinajstić information content (AvgIpc) is 3.07. The van der Waals surface area contributed by atoms with Crippen molar-refractivity contribution < 1.29 is 23.8 Å². The largest absolute Gasteiger partial charge is 0.497 e. The Bertz CT molecular complexity index is 798. The van der Waals surface area contributed by atoms with Crippen LogP contribution in [0.4, 0.5) is 4.79 Å². The minimum atomic E-state index is -0.595. The van der Waals surface area contributed by atoms with Crippen LogP contribution in [0.15, 0.2) is 48.5 Å². The van der Waals surface area contributed by atoms with Crippen molar-refractivity contribution >= 4 is 12.0 Å². The van der Waals surface area contributed by atoms with E-state index in [0.717, 1.165) is 11.1 Å². The van der Waals surface area contributed by atoms with Crippen molar-refractivity contribution in [3.05, 3.63) is 59.7 Å². The number of ether oxygens (including phenoxy) is 3. The molecule has 0 radical (unpaired) electrons. The van der Waals surface area contributed by atoms with Gasteiger partial charge in [-0.3, -0.25) is 4.79 Å². The molecule has 1 aliphatic rings. The molecule has 0 saturated carbocycles. The lowest BCUT2D eigenvalue weighted by molar-refractivity contribution is -0.130. The van der Waals surface area contributed by atoms with Gasteiger partial charge in [-0.15, -0.1) is 0 Å². The molecule has 3 rings (SSSR count). The van der Waals surface area contributed by atoms with E-state index in [2.05, 4.69) is 0 Å². The highest BCUT2D eigenvalue weighted by Gasteiger charge is 2.40. The zero-order valence-electron chi connectivity index (χ0n) is 15.7. The summed E-state index contributed by atoms with van der Waals surface area (Å²) in [6.07, 6.45) is -0.0328. The van der Waals surface area contributed by atoms with Crippen molar-refractivity contribution in [2.75, 3.05) is 20.8 Å². The Hall–Kier alpha value is -3.02. The third-order valence-electron chi connectivity index (χ3n) is 4.76. The first-order valence-electron chi connectivity index (χ1n) is 8.80. The molecule has 6 heteroatoms. The van der Waals surface area contributed by atoms with Gasteiger partial charge in [0.15, 0.2) is 0 Å². The van der Waals surface area contributed by atoms with E-state index in [1.807, 2.05) is 30.3 Å². The zero-order chi connectivity index (χ0) is 19.4. The van der Waals surface area contributed by atoms with E-state index < -0.39 is 12.0 Å². The van der Waals surface area contributed by atoms with Crippen molar-refractivity contribution in [2.45, 2.75) is 25.3 Å². The highest BCUT2D eigenvalue weighted by Crippen LogP contribution is 2.30. The number of cyclic esters (lactones) is 1. The molecule has 2 atom stereocenters. The van der Waals surface area contributed by atoms with Crippen molar-refractivity contribution in [2.24, 2.45) is 0 Å². The summed E-state index contributed by atoms with van der Waals surface area (Å²) in [6, 6.07) is 14.7. The van der Waals surface area contributed by atoms with E-state index in [4.69, 9.17) is 14.2 Å². The van der Waals surface area contributed by atoms with Crippen LogP contribution < -0.4 is 9.47 Å². The molecule has 1 fully saturated rings. The minimum Gasteiger partial charge on any atom is -0.497 e. The van der Waals surface area contributed by atoms with E-state index in [9.17, 15) is 9.59 Å². The Labute approximate surface area is 158 Å². The number of benzene rings is 2. The Balaban J connectivity index is 1.83. The molecule has 2 unspecified atom stereocenters. The van der Waals surface area contributed by atoms with Gasteiger partial charge in [0.2, 0.25) is 5.91 Å². The van der Waals surface area contributed by atoms with Crippen LogP contribution in [-0.4, -0.2) is 43.8 Å². The maximum absolute atomic E-state index is 13.1.